The quantitative estimate of drug-likeness (QED) is 0.736. The Morgan fingerprint density at radius 1 is 1.57 bits per heavy atom. The molecule has 3 atom stereocenters. The second-order valence-corrected chi connectivity index (χ2v) is 5.34. The topological polar surface area (TPSA) is 44.0 Å². The smallest absolute Gasteiger partial charge is 0.0862 e. The lowest BCUT2D eigenvalue weighted by Gasteiger charge is -2.40. The Bertz CT molecular complexity index is 252. The van der Waals surface area contributed by atoms with E-state index < -0.39 is 11.0 Å². The highest BCUT2D eigenvalue weighted by molar-refractivity contribution is 5.13. The number of aliphatic hydroxyl groups is 1. The lowest BCUT2D eigenvalue weighted by molar-refractivity contribution is -0.0751. The van der Waals surface area contributed by atoms with Crippen molar-refractivity contribution in [1.82, 2.24) is 0 Å². The summed E-state index contributed by atoms with van der Waals surface area (Å²) >= 11 is 0. The van der Waals surface area contributed by atoms with Crippen LogP contribution in [0, 0.1) is 28.6 Å². The highest BCUT2D eigenvalue weighted by Gasteiger charge is 2.52. The first-order valence-corrected chi connectivity index (χ1v) is 5.49. The first kappa shape index (κ1) is 11.5. The summed E-state index contributed by atoms with van der Waals surface area (Å²) < 4.78 is 0. The number of hydrogen-bond acceptors (Lipinski definition) is 2. The van der Waals surface area contributed by atoms with Gasteiger partial charge in [0, 0.05) is 0 Å². The van der Waals surface area contributed by atoms with Crippen LogP contribution in [0.25, 0.3) is 0 Å². The molecule has 0 heterocycles. The third-order valence-electron chi connectivity index (χ3n) is 4.07. The molecule has 1 fully saturated rings. The van der Waals surface area contributed by atoms with Gasteiger partial charge in [-0.3, -0.25) is 0 Å². The van der Waals surface area contributed by atoms with Crippen LogP contribution in [0.1, 0.15) is 47.0 Å². The average molecular weight is 195 g/mol. The van der Waals surface area contributed by atoms with E-state index in [4.69, 9.17) is 0 Å². The maximum Gasteiger partial charge on any atom is 0.0862 e. The first-order chi connectivity index (χ1) is 6.35. The fourth-order valence-corrected chi connectivity index (χ4v) is 2.52. The molecule has 1 aliphatic carbocycles. The van der Waals surface area contributed by atoms with Crippen molar-refractivity contribution in [3.63, 3.8) is 0 Å². The van der Waals surface area contributed by atoms with Crippen molar-refractivity contribution in [3.8, 4) is 6.07 Å². The molecule has 0 aliphatic heterocycles. The van der Waals surface area contributed by atoms with Crippen molar-refractivity contribution >= 4 is 0 Å². The van der Waals surface area contributed by atoms with E-state index in [1.54, 1.807) is 0 Å². The van der Waals surface area contributed by atoms with Crippen LogP contribution in [0.4, 0.5) is 0 Å². The number of nitriles is 1. The lowest BCUT2D eigenvalue weighted by atomic mass is 9.67. The lowest BCUT2D eigenvalue weighted by Crippen LogP contribution is -2.47. The highest BCUT2D eigenvalue weighted by Crippen LogP contribution is 2.50. The zero-order chi connectivity index (χ0) is 11.0. The van der Waals surface area contributed by atoms with Crippen molar-refractivity contribution < 1.29 is 5.11 Å². The molecular formula is C12H21NO. The minimum Gasteiger partial charge on any atom is -0.388 e. The van der Waals surface area contributed by atoms with Crippen LogP contribution in [0.2, 0.25) is 0 Å². The molecule has 3 unspecified atom stereocenters. The van der Waals surface area contributed by atoms with Crippen LogP contribution < -0.4 is 0 Å². The van der Waals surface area contributed by atoms with E-state index in [9.17, 15) is 10.4 Å². The molecule has 0 aromatic rings. The molecule has 80 valence electrons. The van der Waals surface area contributed by atoms with Gasteiger partial charge in [-0.15, -0.1) is 0 Å². The summed E-state index contributed by atoms with van der Waals surface area (Å²) in [5.41, 5.74) is -1.37. The minimum absolute atomic E-state index is 0.132. The third-order valence-corrected chi connectivity index (χ3v) is 4.07. The zero-order valence-corrected chi connectivity index (χ0v) is 9.67. The minimum atomic E-state index is -0.855. The van der Waals surface area contributed by atoms with E-state index in [1.807, 2.05) is 20.8 Å². The molecule has 1 rings (SSSR count). The molecule has 2 heteroatoms. The first-order valence-electron chi connectivity index (χ1n) is 5.49. The van der Waals surface area contributed by atoms with E-state index in [-0.39, 0.29) is 5.92 Å². The molecule has 14 heavy (non-hydrogen) atoms. The van der Waals surface area contributed by atoms with Gasteiger partial charge in [0.15, 0.2) is 0 Å². The Hall–Kier alpha value is -0.550. The van der Waals surface area contributed by atoms with Gasteiger partial charge in [0.25, 0.3) is 0 Å². The highest BCUT2D eigenvalue weighted by atomic mass is 16.3. The Balaban J connectivity index is 2.98. The van der Waals surface area contributed by atoms with Crippen molar-refractivity contribution in [3.05, 3.63) is 0 Å². The van der Waals surface area contributed by atoms with Gasteiger partial charge < -0.3 is 5.11 Å². The van der Waals surface area contributed by atoms with Crippen molar-refractivity contribution in [2.45, 2.75) is 52.6 Å². The Labute approximate surface area is 86.9 Å². The van der Waals surface area contributed by atoms with Crippen LogP contribution in [0.3, 0.4) is 0 Å². The Morgan fingerprint density at radius 2 is 2.14 bits per heavy atom. The predicted molar refractivity (Wildman–Crippen MR) is 56.5 cm³/mol. The summed E-state index contributed by atoms with van der Waals surface area (Å²) in [6.45, 7) is 7.96. The molecule has 1 N–H and O–H groups in total. The molecule has 0 spiro atoms. The van der Waals surface area contributed by atoms with Gasteiger partial charge >= 0.3 is 0 Å². The maximum absolute atomic E-state index is 10.4. The molecule has 2 nitrogen and oxygen atoms in total. The number of hydrogen-bond donors (Lipinski definition) is 1. The summed E-state index contributed by atoms with van der Waals surface area (Å²) in [5.74, 6) is 0.701. The maximum atomic E-state index is 10.4. The SMILES string of the molecule is CC1CCC(C#N)(C(C)(O)C(C)C)C1. The molecule has 0 bridgehead atoms. The summed E-state index contributed by atoms with van der Waals surface area (Å²) in [5, 5.41) is 19.7. The van der Waals surface area contributed by atoms with Gasteiger partial charge in [-0.2, -0.15) is 5.26 Å². The fraction of sp³-hybridized carbons (Fsp3) is 0.917. The van der Waals surface area contributed by atoms with E-state index in [1.165, 1.54) is 0 Å². The van der Waals surface area contributed by atoms with Crippen molar-refractivity contribution in [1.29, 1.82) is 5.26 Å². The van der Waals surface area contributed by atoms with E-state index >= 15 is 0 Å². The van der Waals surface area contributed by atoms with Crippen LogP contribution in [-0.2, 0) is 0 Å². The van der Waals surface area contributed by atoms with Gasteiger partial charge in [0.2, 0.25) is 0 Å². The molecule has 0 saturated heterocycles. The molecule has 0 aromatic carbocycles. The third kappa shape index (κ3) is 1.54. The van der Waals surface area contributed by atoms with Crippen LogP contribution >= 0.6 is 0 Å². The van der Waals surface area contributed by atoms with Crippen molar-refractivity contribution in [2.24, 2.45) is 17.3 Å². The van der Waals surface area contributed by atoms with Gasteiger partial charge in [-0.1, -0.05) is 20.8 Å². The predicted octanol–water partition coefficient (Wildman–Crippen LogP) is 2.72. The van der Waals surface area contributed by atoms with E-state index in [0.717, 1.165) is 19.3 Å². The van der Waals surface area contributed by atoms with Gasteiger partial charge in [0.1, 0.15) is 0 Å². The summed E-state index contributed by atoms with van der Waals surface area (Å²) in [4.78, 5) is 0. The second-order valence-electron chi connectivity index (χ2n) is 5.34. The van der Waals surface area contributed by atoms with Crippen LogP contribution in [-0.4, -0.2) is 10.7 Å². The van der Waals surface area contributed by atoms with Gasteiger partial charge in [0.05, 0.1) is 17.1 Å². The monoisotopic (exact) mass is 195 g/mol. The summed E-state index contributed by atoms with van der Waals surface area (Å²) in [6.07, 6.45) is 2.75. The number of rotatable bonds is 2. The van der Waals surface area contributed by atoms with Gasteiger partial charge in [-0.05, 0) is 38.0 Å². The van der Waals surface area contributed by atoms with Crippen molar-refractivity contribution in [2.75, 3.05) is 0 Å². The van der Waals surface area contributed by atoms with Gasteiger partial charge in [-0.25, -0.2) is 0 Å². The summed E-state index contributed by atoms with van der Waals surface area (Å²) in [6, 6.07) is 2.38. The Kier molecular flexibility index (Phi) is 2.92. The van der Waals surface area contributed by atoms with E-state index in [2.05, 4.69) is 13.0 Å². The average Bonchev–Trinajstić information content (AvgIpc) is 2.48. The molecule has 1 aliphatic rings. The molecule has 1 saturated carbocycles. The molecule has 0 radical (unpaired) electrons. The Morgan fingerprint density at radius 3 is 2.43 bits per heavy atom. The number of nitrogens with zero attached hydrogens (tertiary/aromatic N) is 1. The van der Waals surface area contributed by atoms with Crippen LogP contribution in [0.15, 0.2) is 0 Å². The normalized spacial score (nSPS) is 36.8. The molecular weight excluding hydrogens is 174 g/mol. The van der Waals surface area contributed by atoms with E-state index in [0.29, 0.717) is 5.92 Å². The standard InChI is InChI=1S/C12H21NO/c1-9(2)11(4,14)12(8-13)6-5-10(3)7-12/h9-10,14H,5-7H2,1-4H3. The van der Waals surface area contributed by atoms with Crippen LogP contribution in [0.5, 0.6) is 0 Å². The largest absolute Gasteiger partial charge is 0.388 e. The summed E-state index contributed by atoms with van der Waals surface area (Å²) in [7, 11) is 0. The molecule has 0 amide bonds. The zero-order valence-electron chi connectivity index (χ0n) is 9.67. The molecule has 0 aromatic heterocycles. The second kappa shape index (κ2) is 3.55. The fourth-order valence-electron chi connectivity index (χ4n) is 2.52.